The Hall–Kier alpha value is -3.15. The second kappa shape index (κ2) is 8.69. The fraction of sp³-hybridized carbons (Fsp3) is 0.318. The Morgan fingerprint density at radius 3 is 2.82 bits per heavy atom. The van der Waals surface area contributed by atoms with Crippen molar-refractivity contribution in [3.8, 4) is 5.75 Å². The summed E-state index contributed by atoms with van der Waals surface area (Å²) in [7, 11) is 0. The van der Waals surface area contributed by atoms with Gasteiger partial charge in [-0.2, -0.15) is 0 Å². The molecule has 1 aliphatic heterocycles. The first-order chi connectivity index (χ1) is 13.8. The predicted octanol–water partition coefficient (Wildman–Crippen LogP) is 2.95. The molecule has 0 bridgehead atoms. The number of fused-ring (bicyclic) bond motifs is 1. The zero-order valence-corrected chi connectivity index (χ0v) is 15.8. The smallest absolute Gasteiger partial charge is 0.229 e. The number of nitrogens with zero attached hydrogens (tertiary/aromatic N) is 4. The van der Waals surface area contributed by atoms with Crippen molar-refractivity contribution in [1.82, 2.24) is 19.4 Å². The maximum Gasteiger partial charge on any atom is 0.229 e. The van der Waals surface area contributed by atoms with Crippen LogP contribution in [0.15, 0.2) is 67.5 Å². The molecule has 0 saturated heterocycles. The second-order valence-electron chi connectivity index (χ2n) is 7.09. The van der Waals surface area contributed by atoms with Crippen LogP contribution in [0.4, 0.5) is 0 Å². The number of imidazole rings is 1. The van der Waals surface area contributed by atoms with Gasteiger partial charge in [0.05, 0.1) is 12.2 Å². The van der Waals surface area contributed by atoms with E-state index in [4.69, 9.17) is 4.74 Å². The third-order valence-electron chi connectivity index (χ3n) is 5.07. The van der Waals surface area contributed by atoms with Crippen LogP contribution in [0, 0.1) is 5.92 Å². The lowest BCUT2D eigenvalue weighted by Crippen LogP contribution is -2.41. The van der Waals surface area contributed by atoms with Gasteiger partial charge in [-0.3, -0.25) is 9.78 Å². The van der Waals surface area contributed by atoms with Crippen molar-refractivity contribution in [2.24, 2.45) is 5.92 Å². The number of benzene rings is 1. The normalized spacial score (nSPS) is 15.5. The van der Waals surface area contributed by atoms with Gasteiger partial charge in [0.15, 0.2) is 0 Å². The van der Waals surface area contributed by atoms with Gasteiger partial charge in [0.25, 0.3) is 0 Å². The SMILES string of the molecule is O=C(C1COc2ccccc2C1)N(CCCn1ccnc1)Cc1ccncc1. The number of pyridine rings is 1. The number of hydrogen-bond acceptors (Lipinski definition) is 4. The molecule has 0 radical (unpaired) electrons. The quantitative estimate of drug-likeness (QED) is 0.636. The number of amides is 1. The summed E-state index contributed by atoms with van der Waals surface area (Å²) < 4.78 is 7.89. The molecule has 6 heteroatoms. The molecule has 6 nitrogen and oxygen atoms in total. The van der Waals surface area contributed by atoms with Crippen molar-refractivity contribution in [1.29, 1.82) is 0 Å². The topological polar surface area (TPSA) is 60.2 Å². The predicted molar refractivity (Wildman–Crippen MR) is 106 cm³/mol. The van der Waals surface area contributed by atoms with Gasteiger partial charge < -0.3 is 14.2 Å². The van der Waals surface area contributed by atoms with Gasteiger partial charge in [-0.05, 0) is 42.2 Å². The van der Waals surface area contributed by atoms with E-state index < -0.39 is 0 Å². The van der Waals surface area contributed by atoms with E-state index in [0.29, 0.717) is 19.7 Å². The number of hydrogen-bond donors (Lipinski definition) is 0. The highest BCUT2D eigenvalue weighted by atomic mass is 16.5. The van der Waals surface area contributed by atoms with Gasteiger partial charge in [-0.1, -0.05) is 18.2 Å². The van der Waals surface area contributed by atoms with Crippen molar-refractivity contribution >= 4 is 5.91 Å². The van der Waals surface area contributed by atoms with Crippen LogP contribution in [0.5, 0.6) is 5.75 Å². The molecule has 1 atom stereocenters. The second-order valence-corrected chi connectivity index (χ2v) is 7.09. The Balaban J connectivity index is 1.44. The van der Waals surface area contributed by atoms with Crippen molar-refractivity contribution < 1.29 is 9.53 Å². The molecule has 1 unspecified atom stereocenters. The summed E-state index contributed by atoms with van der Waals surface area (Å²) in [6, 6.07) is 11.9. The van der Waals surface area contributed by atoms with E-state index in [1.807, 2.05) is 52.1 Å². The standard InChI is InChI=1S/C22H24N4O2/c27-22(20-14-19-4-1-2-5-21(19)28-16-20)26(15-18-6-8-23-9-7-18)12-3-11-25-13-10-24-17-25/h1-2,4-10,13,17,20H,3,11-12,14-16H2. The molecule has 4 rings (SSSR count). The van der Waals surface area contributed by atoms with Gasteiger partial charge in [0.2, 0.25) is 5.91 Å². The lowest BCUT2D eigenvalue weighted by molar-refractivity contribution is -0.137. The number of carbonyl (C=O) groups is 1. The van der Waals surface area contributed by atoms with Crippen molar-refractivity contribution in [2.75, 3.05) is 13.2 Å². The Morgan fingerprint density at radius 2 is 2.00 bits per heavy atom. The van der Waals surface area contributed by atoms with Gasteiger partial charge >= 0.3 is 0 Å². The summed E-state index contributed by atoms with van der Waals surface area (Å²) >= 11 is 0. The highest BCUT2D eigenvalue weighted by Gasteiger charge is 2.29. The van der Waals surface area contributed by atoms with E-state index in [0.717, 1.165) is 36.3 Å². The minimum Gasteiger partial charge on any atom is -0.492 e. The van der Waals surface area contributed by atoms with Crippen molar-refractivity contribution in [2.45, 2.75) is 25.9 Å². The van der Waals surface area contributed by atoms with Gasteiger partial charge in [0, 0.05) is 44.4 Å². The van der Waals surface area contributed by atoms with E-state index in [9.17, 15) is 4.79 Å². The Labute approximate surface area is 164 Å². The molecule has 2 aromatic heterocycles. The van der Waals surface area contributed by atoms with Crippen LogP contribution in [-0.4, -0.2) is 38.5 Å². The molecule has 0 saturated carbocycles. The fourth-order valence-corrected chi connectivity index (χ4v) is 3.58. The van der Waals surface area contributed by atoms with Crippen LogP contribution in [0.25, 0.3) is 0 Å². The van der Waals surface area contributed by atoms with Crippen LogP contribution < -0.4 is 4.74 Å². The third-order valence-corrected chi connectivity index (χ3v) is 5.07. The van der Waals surface area contributed by atoms with E-state index in [1.165, 1.54) is 0 Å². The first-order valence-electron chi connectivity index (χ1n) is 9.64. The molecule has 0 N–H and O–H groups in total. The number of aryl methyl sites for hydroxylation is 1. The number of para-hydroxylation sites is 1. The molecule has 0 fully saturated rings. The summed E-state index contributed by atoms with van der Waals surface area (Å²) in [5.41, 5.74) is 2.19. The molecule has 144 valence electrons. The van der Waals surface area contributed by atoms with Crippen molar-refractivity contribution in [3.05, 3.63) is 78.6 Å². The van der Waals surface area contributed by atoms with E-state index in [2.05, 4.69) is 9.97 Å². The number of aromatic nitrogens is 3. The van der Waals surface area contributed by atoms with Gasteiger partial charge in [0.1, 0.15) is 12.4 Å². The molecule has 0 aliphatic carbocycles. The van der Waals surface area contributed by atoms with Crippen molar-refractivity contribution in [3.63, 3.8) is 0 Å². The minimum absolute atomic E-state index is 0.148. The maximum absolute atomic E-state index is 13.3. The van der Waals surface area contributed by atoms with Crippen LogP contribution in [0.3, 0.4) is 0 Å². The number of ether oxygens (including phenoxy) is 1. The average molecular weight is 376 g/mol. The highest BCUT2D eigenvalue weighted by molar-refractivity contribution is 5.79. The molecular weight excluding hydrogens is 352 g/mol. The van der Waals surface area contributed by atoms with E-state index >= 15 is 0 Å². The molecular formula is C22H24N4O2. The monoisotopic (exact) mass is 376 g/mol. The fourth-order valence-electron chi connectivity index (χ4n) is 3.58. The molecule has 1 aliphatic rings. The first-order valence-corrected chi connectivity index (χ1v) is 9.64. The summed E-state index contributed by atoms with van der Waals surface area (Å²) in [5.74, 6) is 0.897. The minimum atomic E-state index is -0.148. The lowest BCUT2D eigenvalue weighted by atomic mass is 9.95. The van der Waals surface area contributed by atoms with E-state index in [1.54, 1.807) is 24.9 Å². The molecule has 3 heterocycles. The Kier molecular flexibility index (Phi) is 5.66. The molecule has 1 amide bonds. The maximum atomic E-state index is 13.3. The molecule has 1 aromatic carbocycles. The van der Waals surface area contributed by atoms with Crippen LogP contribution in [0.1, 0.15) is 17.5 Å². The number of carbonyl (C=O) groups excluding carboxylic acids is 1. The van der Waals surface area contributed by atoms with Crippen LogP contribution in [-0.2, 0) is 24.3 Å². The average Bonchev–Trinajstić information content (AvgIpc) is 3.26. The van der Waals surface area contributed by atoms with Crippen LogP contribution in [0.2, 0.25) is 0 Å². The summed E-state index contributed by atoms with van der Waals surface area (Å²) in [6.45, 7) is 2.55. The summed E-state index contributed by atoms with van der Waals surface area (Å²) in [5, 5.41) is 0. The molecule has 28 heavy (non-hydrogen) atoms. The summed E-state index contributed by atoms with van der Waals surface area (Å²) in [6.07, 6.45) is 10.7. The van der Waals surface area contributed by atoms with Crippen LogP contribution >= 0.6 is 0 Å². The summed E-state index contributed by atoms with van der Waals surface area (Å²) in [4.78, 5) is 23.4. The molecule has 3 aromatic rings. The largest absolute Gasteiger partial charge is 0.492 e. The van der Waals surface area contributed by atoms with Gasteiger partial charge in [-0.25, -0.2) is 4.98 Å². The zero-order chi connectivity index (χ0) is 19.2. The lowest BCUT2D eigenvalue weighted by Gasteiger charge is -2.30. The number of rotatable bonds is 7. The molecule has 0 spiro atoms. The first kappa shape index (κ1) is 18.2. The van der Waals surface area contributed by atoms with Gasteiger partial charge in [-0.15, -0.1) is 0 Å². The Bertz CT molecular complexity index is 896. The van der Waals surface area contributed by atoms with E-state index in [-0.39, 0.29) is 11.8 Å². The highest BCUT2D eigenvalue weighted by Crippen LogP contribution is 2.28. The zero-order valence-electron chi connectivity index (χ0n) is 15.8. The Morgan fingerprint density at radius 1 is 1.14 bits per heavy atom. The third kappa shape index (κ3) is 4.39.